The van der Waals surface area contributed by atoms with Crippen LogP contribution in [0.2, 0.25) is 5.15 Å². The highest BCUT2D eigenvalue weighted by atomic mass is 35.5. The molecule has 3 rings (SSSR count). The molecule has 0 saturated carbocycles. The van der Waals surface area contributed by atoms with E-state index in [0.29, 0.717) is 21.7 Å². The number of rotatable bonds is 3. The maximum absolute atomic E-state index is 12.3. The average Bonchev–Trinajstić information content (AvgIpc) is 2.82. The Balaban J connectivity index is 2.00. The normalized spacial score (nSPS) is 11.7. The third kappa shape index (κ3) is 2.84. The van der Waals surface area contributed by atoms with E-state index in [-0.39, 0.29) is 10.8 Å². The van der Waals surface area contributed by atoms with Gasteiger partial charge in [0.05, 0.1) is 16.1 Å². The number of fused-ring (bicyclic) bond motifs is 1. The van der Waals surface area contributed by atoms with E-state index >= 15 is 0 Å². The SMILES string of the molecule is Cc1cc(NS(=O)(=O)c2ccc3nc(Cl)ccc3c2)on1. The van der Waals surface area contributed by atoms with E-state index in [1.165, 1.54) is 18.2 Å². The van der Waals surface area contributed by atoms with Crippen LogP contribution in [0.15, 0.2) is 45.8 Å². The van der Waals surface area contributed by atoms with Gasteiger partial charge in [0.25, 0.3) is 10.0 Å². The number of hydrogen-bond donors (Lipinski definition) is 1. The first-order valence-corrected chi connectivity index (χ1v) is 7.83. The van der Waals surface area contributed by atoms with Crippen molar-refractivity contribution in [2.75, 3.05) is 4.72 Å². The molecule has 0 aliphatic rings. The molecule has 0 bridgehead atoms. The molecule has 3 aromatic rings. The van der Waals surface area contributed by atoms with Gasteiger partial charge in [-0.2, -0.15) is 0 Å². The number of pyridine rings is 1. The van der Waals surface area contributed by atoms with Gasteiger partial charge in [-0.05, 0) is 37.3 Å². The Hall–Kier alpha value is -2.12. The van der Waals surface area contributed by atoms with E-state index in [1.54, 1.807) is 25.1 Å². The molecule has 2 heterocycles. The number of aryl methyl sites for hydroxylation is 1. The van der Waals surface area contributed by atoms with Crippen molar-refractivity contribution in [3.8, 4) is 0 Å². The molecule has 1 N–H and O–H groups in total. The van der Waals surface area contributed by atoms with Gasteiger partial charge in [0, 0.05) is 11.5 Å². The zero-order valence-corrected chi connectivity index (χ0v) is 12.4. The molecule has 0 amide bonds. The molecule has 6 nitrogen and oxygen atoms in total. The third-order valence-electron chi connectivity index (χ3n) is 2.80. The molecule has 0 unspecified atom stereocenters. The smallest absolute Gasteiger partial charge is 0.264 e. The highest BCUT2D eigenvalue weighted by Gasteiger charge is 2.17. The first-order chi connectivity index (χ1) is 9.94. The molecule has 0 fully saturated rings. The lowest BCUT2D eigenvalue weighted by atomic mass is 10.2. The second kappa shape index (κ2) is 5.01. The fourth-order valence-electron chi connectivity index (χ4n) is 1.85. The van der Waals surface area contributed by atoms with E-state index < -0.39 is 10.0 Å². The van der Waals surface area contributed by atoms with Gasteiger partial charge < -0.3 is 4.52 Å². The van der Waals surface area contributed by atoms with Crippen LogP contribution < -0.4 is 4.72 Å². The van der Waals surface area contributed by atoms with E-state index in [1.807, 2.05) is 0 Å². The Morgan fingerprint density at radius 3 is 2.71 bits per heavy atom. The maximum Gasteiger partial charge on any atom is 0.264 e. The lowest BCUT2D eigenvalue weighted by Gasteiger charge is -2.06. The van der Waals surface area contributed by atoms with E-state index in [9.17, 15) is 8.42 Å². The lowest BCUT2D eigenvalue weighted by Crippen LogP contribution is -2.12. The van der Waals surface area contributed by atoms with Crippen molar-refractivity contribution < 1.29 is 12.9 Å². The number of benzene rings is 1. The summed E-state index contributed by atoms with van der Waals surface area (Å²) >= 11 is 5.80. The molecule has 108 valence electrons. The molecule has 2 aromatic heterocycles. The Labute approximate surface area is 125 Å². The molecule has 0 spiro atoms. The Morgan fingerprint density at radius 2 is 2.00 bits per heavy atom. The average molecular weight is 324 g/mol. The molecular weight excluding hydrogens is 314 g/mol. The Bertz CT molecular complexity index is 921. The minimum Gasteiger partial charge on any atom is -0.338 e. The van der Waals surface area contributed by atoms with Gasteiger partial charge in [0.15, 0.2) is 0 Å². The van der Waals surface area contributed by atoms with E-state index in [4.69, 9.17) is 16.1 Å². The summed E-state index contributed by atoms with van der Waals surface area (Å²) in [6, 6.07) is 9.39. The van der Waals surface area contributed by atoms with Gasteiger partial charge in [-0.15, -0.1) is 0 Å². The van der Waals surface area contributed by atoms with Crippen molar-refractivity contribution in [2.45, 2.75) is 11.8 Å². The Kier molecular flexibility index (Phi) is 3.30. The molecule has 8 heteroatoms. The van der Waals surface area contributed by atoms with Gasteiger partial charge in [-0.25, -0.2) is 18.1 Å². The van der Waals surface area contributed by atoms with E-state index in [0.717, 1.165) is 0 Å². The predicted molar refractivity (Wildman–Crippen MR) is 78.8 cm³/mol. The topological polar surface area (TPSA) is 85.1 Å². The number of anilines is 1. The van der Waals surface area contributed by atoms with Crippen molar-refractivity contribution in [1.82, 2.24) is 10.1 Å². The summed E-state index contributed by atoms with van der Waals surface area (Å²) in [5.74, 6) is 0.0711. The summed E-state index contributed by atoms with van der Waals surface area (Å²) in [6.45, 7) is 1.70. The summed E-state index contributed by atoms with van der Waals surface area (Å²) in [5.41, 5.74) is 1.21. The minimum absolute atomic E-state index is 0.0711. The highest BCUT2D eigenvalue weighted by molar-refractivity contribution is 7.92. The van der Waals surface area contributed by atoms with E-state index in [2.05, 4.69) is 14.9 Å². The van der Waals surface area contributed by atoms with Crippen molar-refractivity contribution >= 4 is 38.4 Å². The molecule has 21 heavy (non-hydrogen) atoms. The molecular formula is C13H10ClN3O3S. The van der Waals surface area contributed by atoms with Crippen LogP contribution >= 0.6 is 11.6 Å². The molecule has 0 saturated heterocycles. The number of halogens is 1. The van der Waals surface area contributed by atoms with Crippen LogP contribution in [0.1, 0.15) is 5.69 Å². The van der Waals surface area contributed by atoms with Crippen molar-refractivity contribution in [1.29, 1.82) is 0 Å². The first-order valence-electron chi connectivity index (χ1n) is 5.96. The molecule has 0 aliphatic carbocycles. The fourth-order valence-corrected chi connectivity index (χ4v) is 3.01. The van der Waals surface area contributed by atoms with Crippen molar-refractivity contribution in [3.63, 3.8) is 0 Å². The van der Waals surface area contributed by atoms with Crippen LogP contribution in [-0.2, 0) is 10.0 Å². The predicted octanol–water partition coefficient (Wildman–Crippen LogP) is 2.99. The molecule has 1 aromatic carbocycles. The molecule has 0 radical (unpaired) electrons. The second-order valence-corrected chi connectivity index (χ2v) is 6.50. The van der Waals surface area contributed by atoms with Gasteiger partial charge >= 0.3 is 0 Å². The largest absolute Gasteiger partial charge is 0.338 e. The summed E-state index contributed by atoms with van der Waals surface area (Å²) in [7, 11) is -3.75. The number of sulfonamides is 1. The summed E-state index contributed by atoms with van der Waals surface area (Å²) < 4.78 is 31.7. The highest BCUT2D eigenvalue weighted by Crippen LogP contribution is 2.22. The quantitative estimate of drug-likeness (QED) is 0.749. The monoisotopic (exact) mass is 323 g/mol. The standard InChI is InChI=1S/C13H10ClN3O3S/c1-8-6-13(20-16-8)17-21(18,19)10-3-4-11-9(7-10)2-5-12(14)15-11/h2-7,17H,1H3. The van der Waals surface area contributed by atoms with Gasteiger partial charge in [0.2, 0.25) is 5.88 Å². The zero-order valence-electron chi connectivity index (χ0n) is 10.9. The van der Waals surface area contributed by atoms with Crippen LogP contribution in [0.25, 0.3) is 10.9 Å². The second-order valence-electron chi connectivity index (χ2n) is 4.43. The lowest BCUT2D eigenvalue weighted by molar-refractivity contribution is 0.430. The third-order valence-corrected chi connectivity index (χ3v) is 4.35. The number of hydrogen-bond acceptors (Lipinski definition) is 5. The fraction of sp³-hybridized carbons (Fsp3) is 0.0769. The number of aromatic nitrogens is 2. The summed E-state index contributed by atoms with van der Waals surface area (Å²) in [4.78, 5) is 4.21. The number of nitrogens with zero attached hydrogens (tertiary/aromatic N) is 2. The Morgan fingerprint density at radius 1 is 1.19 bits per heavy atom. The summed E-state index contributed by atoms with van der Waals surface area (Å²) in [6.07, 6.45) is 0. The van der Waals surface area contributed by atoms with Gasteiger partial charge in [0.1, 0.15) is 5.15 Å². The van der Waals surface area contributed by atoms with Crippen LogP contribution in [-0.4, -0.2) is 18.6 Å². The van der Waals surface area contributed by atoms with Gasteiger partial charge in [-0.1, -0.05) is 16.8 Å². The molecule has 0 aliphatic heterocycles. The summed E-state index contributed by atoms with van der Waals surface area (Å²) in [5, 5.41) is 4.66. The van der Waals surface area contributed by atoms with Crippen molar-refractivity contribution in [2.24, 2.45) is 0 Å². The number of nitrogens with one attached hydrogen (secondary N) is 1. The minimum atomic E-state index is -3.75. The van der Waals surface area contributed by atoms with Crippen LogP contribution in [0.4, 0.5) is 5.88 Å². The van der Waals surface area contributed by atoms with Crippen molar-refractivity contribution in [3.05, 3.63) is 47.2 Å². The zero-order chi connectivity index (χ0) is 15.0. The van der Waals surface area contributed by atoms with Crippen LogP contribution in [0, 0.1) is 6.92 Å². The first kappa shape index (κ1) is 13.8. The van der Waals surface area contributed by atoms with Crippen LogP contribution in [0.5, 0.6) is 0 Å². The molecule has 0 atom stereocenters. The van der Waals surface area contributed by atoms with Crippen LogP contribution in [0.3, 0.4) is 0 Å². The van der Waals surface area contributed by atoms with Gasteiger partial charge in [-0.3, -0.25) is 0 Å². The maximum atomic E-state index is 12.3.